The van der Waals surface area contributed by atoms with Gasteiger partial charge in [0, 0.05) is 24.6 Å². The number of halogens is 3. The number of amides is 2. The molecule has 1 aliphatic heterocycles. The van der Waals surface area contributed by atoms with Gasteiger partial charge in [-0.15, -0.1) is 13.2 Å². The fourth-order valence-electron chi connectivity index (χ4n) is 4.36. The van der Waals surface area contributed by atoms with Gasteiger partial charge in [-0.1, -0.05) is 11.3 Å². The number of fused-ring (bicyclic) bond motifs is 2. The quantitative estimate of drug-likeness (QED) is 0.492. The van der Waals surface area contributed by atoms with Crippen molar-refractivity contribution < 1.29 is 32.2 Å². The van der Waals surface area contributed by atoms with E-state index in [1.165, 1.54) is 29.5 Å². The number of aromatic nitrogens is 2. The number of urea groups is 1. The molecule has 34 heavy (non-hydrogen) atoms. The highest BCUT2D eigenvalue weighted by molar-refractivity contribution is 7.16. The third kappa shape index (κ3) is 4.49. The molecule has 2 amide bonds. The Labute approximate surface area is 195 Å². The van der Waals surface area contributed by atoms with Crippen molar-refractivity contribution in [2.24, 2.45) is 0 Å². The maximum atomic E-state index is 12.5. The molecule has 0 unspecified atom stereocenters. The third-order valence-electron chi connectivity index (χ3n) is 5.96. The number of carbonyl (C=O) groups is 1. The smallest absolute Gasteiger partial charge is 0.423 e. The van der Waals surface area contributed by atoms with Gasteiger partial charge in [0.05, 0.1) is 22.7 Å². The molecule has 5 rings (SSSR count). The van der Waals surface area contributed by atoms with Crippen LogP contribution in [0.1, 0.15) is 43.3 Å². The van der Waals surface area contributed by atoms with Crippen LogP contribution in [0.3, 0.4) is 0 Å². The SMILES string of the molecule is C[C@@H]1Cc2nc(NC(=O)NC3CC(O)C3)sc2[C@H](C)N1c1nc2cc(OC(F)(F)F)ccc2o1. The van der Waals surface area contributed by atoms with Gasteiger partial charge in [-0.25, -0.2) is 9.78 Å². The molecule has 0 radical (unpaired) electrons. The van der Waals surface area contributed by atoms with Crippen molar-refractivity contribution in [3.8, 4) is 5.75 Å². The number of oxazole rings is 1. The Bertz CT molecular complexity index is 1220. The van der Waals surface area contributed by atoms with Gasteiger partial charge in [-0.2, -0.15) is 4.98 Å². The summed E-state index contributed by atoms with van der Waals surface area (Å²) in [6.07, 6.45) is -3.49. The van der Waals surface area contributed by atoms with E-state index < -0.39 is 6.36 Å². The van der Waals surface area contributed by atoms with E-state index in [1.54, 1.807) is 0 Å². The van der Waals surface area contributed by atoms with E-state index in [1.807, 2.05) is 18.7 Å². The minimum atomic E-state index is -4.79. The summed E-state index contributed by atoms with van der Waals surface area (Å²) in [6, 6.07) is 3.41. The number of thiazole rings is 1. The molecule has 3 N–H and O–H groups in total. The number of nitrogens with one attached hydrogen (secondary N) is 2. The summed E-state index contributed by atoms with van der Waals surface area (Å²) >= 11 is 1.35. The van der Waals surface area contributed by atoms with E-state index in [9.17, 15) is 23.1 Å². The third-order valence-corrected chi connectivity index (χ3v) is 7.14. The van der Waals surface area contributed by atoms with Crippen LogP contribution in [0, 0.1) is 0 Å². The minimum Gasteiger partial charge on any atom is -0.423 e. The Hall–Kier alpha value is -3.06. The second kappa shape index (κ2) is 8.31. The van der Waals surface area contributed by atoms with Crippen molar-refractivity contribution in [3.05, 3.63) is 28.8 Å². The molecule has 1 fully saturated rings. The van der Waals surface area contributed by atoms with E-state index in [0.717, 1.165) is 10.6 Å². The van der Waals surface area contributed by atoms with Crippen molar-refractivity contribution >= 4 is 39.6 Å². The van der Waals surface area contributed by atoms with E-state index in [-0.39, 0.29) is 47.5 Å². The zero-order valence-corrected chi connectivity index (χ0v) is 19.0. The lowest BCUT2D eigenvalue weighted by Crippen LogP contribution is -2.48. The van der Waals surface area contributed by atoms with Crippen LogP contribution >= 0.6 is 11.3 Å². The molecule has 3 aromatic rings. The maximum absolute atomic E-state index is 12.5. The number of rotatable bonds is 4. The Morgan fingerprint density at radius 3 is 2.76 bits per heavy atom. The normalized spacial score (nSPS) is 24.5. The molecule has 182 valence electrons. The van der Waals surface area contributed by atoms with Crippen LogP contribution in [0.5, 0.6) is 5.75 Å². The zero-order valence-electron chi connectivity index (χ0n) is 18.2. The van der Waals surface area contributed by atoms with E-state index >= 15 is 0 Å². The number of alkyl halides is 3. The maximum Gasteiger partial charge on any atom is 0.573 e. The molecule has 9 nitrogen and oxygen atoms in total. The minimum absolute atomic E-state index is 0.0415. The topological polar surface area (TPSA) is 113 Å². The number of ether oxygens (including phenoxy) is 1. The number of anilines is 2. The number of aliphatic hydroxyl groups is 1. The summed E-state index contributed by atoms with van der Waals surface area (Å²) in [7, 11) is 0. The lowest BCUT2D eigenvalue weighted by atomic mass is 9.90. The lowest BCUT2D eigenvalue weighted by molar-refractivity contribution is -0.274. The van der Waals surface area contributed by atoms with Crippen LogP contribution in [-0.4, -0.2) is 45.7 Å². The van der Waals surface area contributed by atoms with Gasteiger partial charge in [0.2, 0.25) is 0 Å². The summed E-state index contributed by atoms with van der Waals surface area (Å²) in [5.41, 5.74) is 1.47. The van der Waals surface area contributed by atoms with Gasteiger partial charge in [0.25, 0.3) is 6.01 Å². The Balaban J connectivity index is 1.34. The van der Waals surface area contributed by atoms with Crippen LogP contribution < -0.4 is 20.3 Å². The number of nitrogens with zero attached hydrogens (tertiary/aromatic N) is 3. The first-order valence-corrected chi connectivity index (χ1v) is 11.6. The first-order chi connectivity index (χ1) is 16.1. The van der Waals surface area contributed by atoms with E-state index in [2.05, 4.69) is 25.3 Å². The first kappa shape index (κ1) is 22.7. The second-order valence-electron chi connectivity index (χ2n) is 8.56. The fraction of sp³-hybridized carbons (Fsp3) is 0.476. The van der Waals surface area contributed by atoms with Crippen LogP contribution in [0.2, 0.25) is 0 Å². The van der Waals surface area contributed by atoms with Crippen molar-refractivity contribution in [2.45, 2.75) is 63.7 Å². The van der Waals surface area contributed by atoms with Crippen molar-refractivity contribution in [2.75, 3.05) is 10.2 Å². The van der Waals surface area contributed by atoms with Crippen molar-refractivity contribution in [1.82, 2.24) is 15.3 Å². The molecular formula is C21H22F3N5O4S. The largest absolute Gasteiger partial charge is 0.573 e. The highest BCUT2D eigenvalue weighted by Crippen LogP contribution is 2.41. The Morgan fingerprint density at radius 1 is 1.29 bits per heavy atom. The molecule has 3 heterocycles. The van der Waals surface area contributed by atoms with Crippen LogP contribution in [-0.2, 0) is 6.42 Å². The lowest BCUT2D eigenvalue weighted by Gasteiger charge is -2.36. The molecule has 0 saturated heterocycles. The molecule has 1 saturated carbocycles. The fourth-order valence-corrected chi connectivity index (χ4v) is 5.40. The molecule has 1 aliphatic carbocycles. The number of benzene rings is 1. The first-order valence-electron chi connectivity index (χ1n) is 10.8. The predicted molar refractivity (Wildman–Crippen MR) is 118 cm³/mol. The predicted octanol–water partition coefficient (Wildman–Crippen LogP) is 4.34. The highest BCUT2D eigenvalue weighted by Gasteiger charge is 2.36. The summed E-state index contributed by atoms with van der Waals surface area (Å²) in [6.45, 7) is 3.94. The second-order valence-corrected chi connectivity index (χ2v) is 9.59. The van der Waals surface area contributed by atoms with Gasteiger partial charge < -0.3 is 24.5 Å². The average molecular weight is 497 g/mol. The molecule has 0 bridgehead atoms. The Kier molecular flexibility index (Phi) is 5.55. The van der Waals surface area contributed by atoms with Crippen LogP contribution in [0.15, 0.2) is 22.6 Å². The van der Waals surface area contributed by atoms with Crippen molar-refractivity contribution in [1.29, 1.82) is 0 Å². The monoisotopic (exact) mass is 497 g/mol. The van der Waals surface area contributed by atoms with Gasteiger partial charge in [0.1, 0.15) is 11.3 Å². The Morgan fingerprint density at radius 2 is 2.06 bits per heavy atom. The number of hydrogen-bond acceptors (Lipinski definition) is 8. The van der Waals surface area contributed by atoms with E-state index in [4.69, 9.17) is 4.42 Å². The number of hydrogen-bond donors (Lipinski definition) is 3. The van der Waals surface area contributed by atoms with E-state index in [0.29, 0.717) is 30.0 Å². The molecule has 1 aromatic carbocycles. The zero-order chi connectivity index (χ0) is 24.2. The number of carbonyl (C=O) groups excluding carboxylic acids is 1. The molecular weight excluding hydrogens is 475 g/mol. The summed E-state index contributed by atoms with van der Waals surface area (Å²) < 4.78 is 47.5. The van der Waals surface area contributed by atoms with Gasteiger partial charge in [0.15, 0.2) is 10.7 Å². The molecule has 2 atom stereocenters. The molecule has 0 spiro atoms. The number of aliphatic hydroxyl groups excluding tert-OH is 1. The van der Waals surface area contributed by atoms with Gasteiger partial charge in [-0.3, -0.25) is 5.32 Å². The van der Waals surface area contributed by atoms with Crippen LogP contribution in [0.25, 0.3) is 11.1 Å². The summed E-state index contributed by atoms with van der Waals surface area (Å²) in [5, 5.41) is 15.4. The van der Waals surface area contributed by atoms with Gasteiger partial charge in [-0.05, 0) is 38.8 Å². The highest BCUT2D eigenvalue weighted by atomic mass is 32.1. The summed E-state index contributed by atoms with van der Waals surface area (Å²) in [5.74, 6) is -0.366. The standard InChI is InChI=1S/C21H22F3N5O4S/c1-9-5-15-17(34-19(26-15)28-18(31)25-11-6-12(30)7-11)10(2)29(9)20-27-14-8-13(33-21(22,23)24)3-4-16(14)32-20/h3-4,8-12,30H,5-7H2,1-2H3,(H2,25,26,28,31)/t9-,10+,11?,12?/m1/s1. The average Bonchev–Trinajstić information content (AvgIpc) is 3.28. The van der Waals surface area contributed by atoms with Gasteiger partial charge >= 0.3 is 12.4 Å². The molecule has 13 heteroatoms. The molecule has 2 aliphatic rings. The van der Waals surface area contributed by atoms with Crippen molar-refractivity contribution in [3.63, 3.8) is 0 Å². The summed E-state index contributed by atoms with van der Waals surface area (Å²) in [4.78, 5) is 24.1. The van der Waals surface area contributed by atoms with Crippen LogP contribution in [0.4, 0.5) is 29.1 Å². The molecule has 2 aromatic heterocycles.